The standard InChI is InChI=1S/C26H12Br4N4/c27-18-12-17-11-15-7-6-14(31-15)10-16-8-9-19(32-16)20(13-4-2-1-3-5-13)25-21(28)22(29)26(34-25)23(30)24(18)33-17/h1-12H. The largest absolute Gasteiger partial charge is 0.249 e. The van der Waals surface area contributed by atoms with Crippen molar-refractivity contribution in [2.24, 2.45) is 20.0 Å². The molecule has 8 heteroatoms. The summed E-state index contributed by atoms with van der Waals surface area (Å²) in [5.74, 6) is 0. The van der Waals surface area contributed by atoms with Crippen LogP contribution in [-0.2, 0) is 0 Å². The van der Waals surface area contributed by atoms with Crippen LogP contribution in [0.5, 0.6) is 0 Å². The third kappa shape index (κ3) is 3.86. The molecule has 1 aromatic rings. The Morgan fingerprint density at radius 2 is 1.29 bits per heavy atom. The molecule has 0 aromatic heterocycles. The molecule has 4 nitrogen and oxygen atoms in total. The van der Waals surface area contributed by atoms with E-state index in [0.717, 1.165) is 74.7 Å². The summed E-state index contributed by atoms with van der Waals surface area (Å²) in [4.78, 5) is 19.5. The van der Waals surface area contributed by atoms with Crippen LogP contribution in [0.4, 0.5) is 0 Å². The third-order valence-electron chi connectivity index (χ3n) is 5.48. The molecule has 0 amide bonds. The number of halogens is 4. The third-order valence-corrected chi connectivity index (χ3v) is 8.91. The van der Waals surface area contributed by atoms with Crippen molar-refractivity contribution in [2.75, 3.05) is 0 Å². The van der Waals surface area contributed by atoms with Gasteiger partial charge in [0, 0.05) is 10.1 Å². The van der Waals surface area contributed by atoms with E-state index < -0.39 is 0 Å². The molecule has 0 unspecified atom stereocenters. The Bertz CT molecular complexity index is 1550. The van der Waals surface area contributed by atoms with E-state index in [1.54, 1.807) is 0 Å². The van der Waals surface area contributed by atoms with Crippen molar-refractivity contribution in [1.82, 2.24) is 0 Å². The lowest BCUT2D eigenvalue weighted by atomic mass is 9.99. The van der Waals surface area contributed by atoms with Crippen LogP contribution in [0.3, 0.4) is 0 Å². The van der Waals surface area contributed by atoms with Gasteiger partial charge in [0.1, 0.15) is 0 Å². The normalized spacial score (nSPS) is 21.0. The molecule has 0 radical (unpaired) electrons. The summed E-state index contributed by atoms with van der Waals surface area (Å²) in [5, 5.41) is 0. The van der Waals surface area contributed by atoms with E-state index in [1.165, 1.54) is 0 Å². The second-order valence-corrected chi connectivity index (χ2v) is 10.9. The molecular formula is C26H12Br4N4. The Balaban J connectivity index is 1.66. The van der Waals surface area contributed by atoms with E-state index in [-0.39, 0.29) is 0 Å². The Kier molecular flexibility index (Phi) is 5.72. The molecule has 0 atom stereocenters. The Labute approximate surface area is 229 Å². The molecule has 5 aliphatic heterocycles. The summed E-state index contributed by atoms with van der Waals surface area (Å²) >= 11 is 14.9. The maximum atomic E-state index is 5.05. The minimum atomic E-state index is 0.750. The first-order valence-electron chi connectivity index (χ1n) is 10.3. The van der Waals surface area contributed by atoms with Crippen molar-refractivity contribution in [2.45, 2.75) is 0 Å². The first-order valence-corrected chi connectivity index (χ1v) is 13.4. The van der Waals surface area contributed by atoms with Gasteiger partial charge in [-0.1, -0.05) is 30.3 Å². The highest BCUT2D eigenvalue weighted by molar-refractivity contribution is 9.14. The number of nitrogens with zero attached hydrogens (tertiary/aromatic N) is 4. The number of hydrogen-bond donors (Lipinski definition) is 0. The zero-order valence-corrected chi connectivity index (χ0v) is 23.6. The van der Waals surface area contributed by atoms with Crippen LogP contribution in [0.1, 0.15) is 5.56 Å². The number of rotatable bonds is 1. The molecule has 0 N–H and O–H groups in total. The molecule has 8 bridgehead atoms. The molecule has 34 heavy (non-hydrogen) atoms. The van der Waals surface area contributed by atoms with Gasteiger partial charge in [0.05, 0.1) is 59.1 Å². The van der Waals surface area contributed by atoms with Gasteiger partial charge >= 0.3 is 0 Å². The van der Waals surface area contributed by atoms with E-state index >= 15 is 0 Å². The maximum Gasteiger partial charge on any atom is 0.0956 e. The van der Waals surface area contributed by atoms with E-state index in [9.17, 15) is 0 Å². The van der Waals surface area contributed by atoms with Crippen LogP contribution in [-0.4, -0.2) is 22.8 Å². The van der Waals surface area contributed by atoms with Gasteiger partial charge in [-0.3, -0.25) is 0 Å². The van der Waals surface area contributed by atoms with Crippen LogP contribution in [0.15, 0.2) is 134 Å². The lowest BCUT2D eigenvalue weighted by Gasteiger charge is -2.10. The van der Waals surface area contributed by atoms with E-state index in [2.05, 4.69) is 75.9 Å². The van der Waals surface area contributed by atoms with Crippen molar-refractivity contribution in [3.63, 3.8) is 0 Å². The average Bonchev–Trinajstić information content (AvgIpc) is 3.60. The fraction of sp³-hybridized carbons (Fsp3) is 0. The Morgan fingerprint density at radius 1 is 0.559 bits per heavy atom. The van der Waals surface area contributed by atoms with Crippen molar-refractivity contribution < 1.29 is 0 Å². The molecule has 1 aromatic carbocycles. The van der Waals surface area contributed by atoms with Gasteiger partial charge in [-0.05, 0) is 112 Å². The predicted octanol–water partition coefficient (Wildman–Crippen LogP) is 8.00. The fourth-order valence-corrected chi connectivity index (χ4v) is 6.54. The van der Waals surface area contributed by atoms with Gasteiger partial charge in [-0.2, -0.15) is 0 Å². The molecule has 164 valence electrons. The molecule has 0 fully saturated rings. The molecule has 6 rings (SSSR count). The molecule has 0 aliphatic carbocycles. The minimum Gasteiger partial charge on any atom is -0.249 e. The second kappa shape index (κ2) is 8.75. The van der Waals surface area contributed by atoms with Gasteiger partial charge in [0.15, 0.2) is 0 Å². The first-order chi connectivity index (χ1) is 16.5. The zero-order chi connectivity index (χ0) is 23.4. The molecule has 0 spiro atoms. The van der Waals surface area contributed by atoms with Gasteiger partial charge in [-0.15, -0.1) is 0 Å². The van der Waals surface area contributed by atoms with E-state index in [0.29, 0.717) is 0 Å². The SMILES string of the molecule is BrC1=CC2=CC3=NC(=CC4=NC(=C(c5ccccc5)C5=NC(=C(Br)C1=N2)C(Br)=C5Br)C=C4)C=C3. The summed E-state index contributed by atoms with van der Waals surface area (Å²) in [7, 11) is 0. The lowest BCUT2D eigenvalue weighted by molar-refractivity contribution is 1.40. The summed E-state index contributed by atoms with van der Waals surface area (Å²) < 4.78 is 3.34. The molecule has 5 heterocycles. The molecule has 0 saturated heterocycles. The van der Waals surface area contributed by atoms with Crippen LogP contribution >= 0.6 is 63.7 Å². The van der Waals surface area contributed by atoms with E-state index in [1.807, 2.05) is 60.7 Å². The van der Waals surface area contributed by atoms with Crippen molar-refractivity contribution in [3.05, 3.63) is 119 Å². The quantitative estimate of drug-likeness (QED) is 0.286. The summed E-state index contributed by atoms with van der Waals surface area (Å²) in [5.41, 5.74) is 8.45. The molecular weight excluding hydrogens is 688 g/mol. The highest BCUT2D eigenvalue weighted by atomic mass is 79.9. The summed E-state index contributed by atoms with van der Waals surface area (Å²) in [6.07, 6.45) is 13.9. The first kappa shape index (κ1) is 22.2. The summed E-state index contributed by atoms with van der Waals surface area (Å²) in [6.45, 7) is 0. The highest BCUT2D eigenvalue weighted by Crippen LogP contribution is 2.44. The van der Waals surface area contributed by atoms with Gasteiger partial charge in [-0.25, -0.2) is 20.0 Å². The topological polar surface area (TPSA) is 49.4 Å². The van der Waals surface area contributed by atoms with Crippen molar-refractivity contribution in [3.8, 4) is 0 Å². The molecule has 0 saturated carbocycles. The fourth-order valence-electron chi connectivity index (χ4n) is 3.95. The van der Waals surface area contributed by atoms with Crippen LogP contribution < -0.4 is 0 Å². The lowest BCUT2D eigenvalue weighted by Crippen LogP contribution is -2.03. The highest BCUT2D eigenvalue weighted by Gasteiger charge is 2.30. The number of benzene rings is 1. The monoisotopic (exact) mass is 696 g/mol. The predicted molar refractivity (Wildman–Crippen MR) is 155 cm³/mol. The van der Waals surface area contributed by atoms with Gasteiger partial charge < -0.3 is 0 Å². The number of hydrogen-bond acceptors (Lipinski definition) is 4. The van der Waals surface area contributed by atoms with Crippen LogP contribution in [0, 0.1) is 0 Å². The van der Waals surface area contributed by atoms with Crippen LogP contribution in [0.25, 0.3) is 5.57 Å². The zero-order valence-electron chi connectivity index (χ0n) is 17.2. The number of fused-ring (bicyclic) bond motifs is 4. The smallest absolute Gasteiger partial charge is 0.0956 e. The Morgan fingerprint density at radius 3 is 2.12 bits per heavy atom. The maximum absolute atomic E-state index is 5.05. The van der Waals surface area contributed by atoms with Gasteiger partial charge in [0.25, 0.3) is 0 Å². The number of allylic oxidation sites excluding steroid dienone is 12. The average molecular weight is 700 g/mol. The van der Waals surface area contributed by atoms with Crippen LogP contribution in [0.2, 0.25) is 0 Å². The van der Waals surface area contributed by atoms with Crippen molar-refractivity contribution >= 4 is 92.1 Å². The van der Waals surface area contributed by atoms with Crippen molar-refractivity contribution in [1.29, 1.82) is 0 Å². The van der Waals surface area contributed by atoms with Gasteiger partial charge in [0.2, 0.25) is 0 Å². The minimum absolute atomic E-state index is 0.750. The van der Waals surface area contributed by atoms with E-state index in [4.69, 9.17) is 20.0 Å². The molecule has 5 aliphatic rings. The second-order valence-electron chi connectivity index (χ2n) is 7.71. The Hall–Kier alpha value is -2.26. The summed E-state index contributed by atoms with van der Waals surface area (Å²) in [6, 6.07) is 10.2. The number of aliphatic imine (C=N–C) groups is 4.